The van der Waals surface area contributed by atoms with Crippen molar-refractivity contribution in [3.8, 4) is 5.75 Å². The second-order valence-electron chi connectivity index (χ2n) is 6.60. The van der Waals surface area contributed by atoms with Crippen LogP contribution in [-0.4, -0.2) is 67.9 Å². The van der Waals surface area contributed by atoms with E-state index in [0.29, 0.717) is 38.3 Å². The molecule has 1 heterocycles. The maximum atomic E-state index is 13.1. The summed E-state index contributed by atoms with van der Waals surface area (Å²) >= 11 is 3.42. The topological polar surface area (TPSA) is 61.9 Å². The highest BCUT2D eigenvalue weighted by molar-refractivity contribution is 9.10. The first kappa shape index (κ1) is 20.4. The molecule has 28 heavy (non-hydrogen) atoms. The highest BCUT2D eigenvalue weighted by Crippen LogP contribution is 2.24. The molecule has 3 rings (SSSR count). The van der Waals surface area contributed by atoms with Crippen LogP contribution in [0.1, 0.15) is 10.4 Å². The Morgan fingerprint density at radius 1 is 1.25 bits per heavy atom. The Labute approximate surface area is 173 Å². The van der Waals surface area contributed by atoms with Crippen molar-refractivity contribution in [3.63, 3.8) is 0 Å². The number of para-hydroxylation sites is 1. The number of carbonyl (C=O) groups excluding carboxylic acids is 2. The van der Waals surface area contributed by atoms with E-state index in [1.807, 2.05) is 42.5 Å². The van der Waals surface area contributed by atoms with Crippen molar-refractivity contribution in [1.82, 2.24) is 9.80 Å². The van der Waals surface area contributed by atoms with E-state index in [1.165, 1.54) is 0 Å². The third kappa shape index (κ3) is 4.91. The van der Waals surface area contributed by atoms with Crippen LogP contribution in [0.5, 0.6) is 5.75 Å². The summed E-state index contributed by atoms with van der Waals surface area (Å²) in [5.74, 6) is 0.695. The van der Waals surface area contributed by atoms with Crippen LogP contribution in [0.4, 0.5) is 5.69 Å². The number of benzene rings is 2. The Kier molecular flexibility index (Phi) is 7.06. The predicted molar refractivity (Wildman–Crippen MR) is 113 cm³/mol. The van der Waals surface area contributed by atoms with Crippen molar-refractivity contribution in [2.45, 2.75) is 6.04 Å². The summed E-state index contributed by atoms with van der Waals surface area (Å²) in [6.07, 6.45) is 0.860. The lowest BCUT2D eigenvalue weighted by Crippen LogP contribution is -2.56. The lowest BCUT2D eigenvalue weighted by atomic mass is 10.1. The van der Waals surface area contributed by atoms with E-state index in [1.54, 1.807) is 18.0 Å². The Morgan fingerprint density at radius 2 is 2.04 bits per heavy atom. The van der Waals surface area contributed by atoms with Crippen LogP contribution in [0.25, 0.3) is 0 Å². The van der Waals surface area contributed by atoms with Gasteiger partial charge >= 0.3 is 0 Å². The van der Waals surface area contributed by atoms with Crippen molar-refractivity contribution < 1.29 is 14.3 Å². The van der Waals surface area contributed by atoms with Gasteiger partial charge in [-0.15, -0.1) is 0 Å². The molecule has 1 fully saturated rings. The van der Waals surface area contributed by atoms with Gasteiger partial charge in [-0.05, 0) is 30.3 Å². The molecule has 7 heteroatoms. The lowest BCUT2D eigenvalue weighted by Gasteiger charge is -2.39. The molecule has 0 aromatic heterocycles. The quantitative estimate of drug-likeness (QED) is 0.663. The lowest BCUT2D eigenvalue weighted by molar-refractivity contribution is -0.113. The summed E-state index contributed by atoms with van der Waals surface area (Å²) in [4.78, 5) is 28.6. The van der Waals surface area contributed by atoms with Gasteiger partial charge in [0.1, 0.15) is 24.7 Å². The van der Waals surface area contributed by atoms with Crippen molar-refractivity contribution in [3.05, 3.63) is 58.6 Å². The first-order chi connectivity index (χ1) is 13.6. The van der Waals surface area contributed by atoms with Crippen molar-refractivity contribution in [1.29, 1.82) is 0 Å². The van der Waals surface area contributed by atoms with Gasteiger partial charge in [-0.3, -0.25) is 9.69 Å². The molecule has 1 amide bonds. The van der Waals surface area contributed by atoms with Gasteiger partial charge in [-0.25, -0.2) is 0 Å². The molecule has 1 aliphatic heterocycles. The molecule has 0 spiro atoms. The first-order valence-electron chi connectivity index (χ1n) is 9.26. The number of hydrogen-bond acceptors (Lipinski definition) is 5. The van der Waals surface area contributed by atoms with Gasteiger partial charge in [0, 0.05) is 43.4 Å². The van der Waals surface area contributed by atoms with E-state index in [0.717, 1.165) is 22.2 Å². The van der Waals surface area contributed by atoms with Gasteiger partial charge in [-0.1, -0.05) is 34.1 Å². The van der Waals surface area contributed by atoms with Crippen LogP contribution >= 0.6 is 15.9 Å². The minimum absolute atomic E-state index is 0.136. The van der Waals surface area contributed by atoms with Gasteiger partial charge < -0.3 is 19.7 Å². The van der Waals surface area contributed by atoms with Gasteiger partial charge in [0.2, 0.25) is 0 Å². The van der Waals surface area contributed by atoms with E-state index in [2.05, 4.69) is 26.1 Å². The molecule has 1 N–H and O–H groups in total. The fourth-order valence-corrected chi connectivity index (χ4v) is 3.68. The fourth-order valence-electron chi connectivity index (χ4n) is 3.32. The van der Waals surface area contributed by atoms with Gasteiger partial charge in [-0.2, -0.15) is 0 Å². The van der Waals surface area contributed by atoms with Crippen LogP contribution < -0.4 is 10.1 Å². The van der Waals surface area contributed by atoms with E-state index in [9.17, 15) is 9.59 Å². The number of halogens is 1. The first-order valence-corrected chi connectivity index (χ1v) is 10.1. The maximum absolute atomic E-state index is 13.1. The van der Waals surface area contributed by atoms with E-state index < -0.39 is 6.04 Å². The minimum Gasteiger partial charge on any atom is -0.492 e. The second-order valence-corrected chi connectivity index (χ2v) is 7.52. The number of ether oxygens (including phenoxy) is 1. The average molecular weight is 446 g/mol. The highest BCUT2D eigenvalue weighted by atomic mass is 79.9. The summed E-state index contributed by atoms with van der Waals surface area (Å²) in [5, 5.41) is 3.04. The molecule has 1 unspecified atom stereocenters. The zero-order valence-electron chi connectivity index (χ0n) is 15.8. The van der Waals surface area contributed by atoms with Crippen LogP contribution in [0.3, 0.4) is 0 Å². The second kappa shape index (κ2) is 9.71. The molecule has 0 radical (unpaired) electrons. The molecule has 1 aliphatic rings. The average Bonchev–Trinajstić information content (AvgIpc) is 2.74. The molecular weight excluding hydrogens is 422 g/mol. The Bertz CT molecular complexity index is 816. The van der Waals surface area contributed by atoms with Crippen molar-refractivity contribution in [2.75, 3.05) is 45.2 Å². The SMILES string of the molecule is CNc1ccc(Br)cc1C(=O)N1CCN(CCOc2ccccc2)CC1C=O. The summed E-state index contributed by atoms with van der Waals surface area (Å²) in [6, 6.07) is 14.7. The molecule has 2 aromatic rings. The monoisotopic (exact) mass is 445 g/mol. The Morgan fingerprint density at radius 3 is 2.75 bits per heavy atom. The molecule has 2 aromatic carbocycles. The van der Waals surface area contributed by atoms with Crippen molar-refractivity contribution >= 4 is 33.8 Å². The minimum atomic E-state index is -0.471. The largest absolute Gasteiger partial charge is 0.492 e. The smallest absolute Gasteiger partial charge is 0.256 e. The van der Waals surface area contributed by atoms with Gasteiger partial charge in [0.05, 0.1) is 5.56 Å². The van der Waals surface area contributed by atoms with Crippen LogP contribution in [-0.2, 0) is 4.79 Å². The molecule has 0 aliphatic carbocycles. The summed E-state index contributed by atoms with van der Waals surface area (Å²) in [7, 11) is 1.78. The summed E-state index contributed by atoms with van der Waals surface area (Å²) in [5.41, 5.74) is 1.31. The number of hydrogen-bond donors (Lipinski definition) is 1. The van der Waals surface area contributed by atoms with Crippen LogP contribution in [0, 0.1) is 0 Å². The van der Waals surface area contributed by atoms with Crippen LogP contribution in [0.2, 0.25) is 0 Å². The predicted octanol–water partition coefficient (Wildman–Crippen LogP) is 2.90. The molecule has 1 saturated heterocycles. The third-order valence-corrected chi connectivity index (χ3v) is 5.31. The Balaban J connectivity index is 1.60. The normalized spacial score (nSPS) is 17.2. The van der Waals surface area contributed by atoms with E-state index in [4.69, 9.17) is 4.74 Å². The standard InChI is InChI=1S/C21H24BrN3O3/c1-23-20-8-7-16(22)13-19(20)21(27)25-10-9-24(14-17(25)15-26)11-12-28-18-5-3-2-4-6-18/h2-8,13,15,17,23H,9-12,14H2,1H3. The number of nitrogens with one attached hydrogen (secondary N) is 1. The zero-order chi connectivity index (χ0) is 19.9. The summed E-state index contributed by atoms with van der Waals surface area (Å²) in [6.45, 7) is 2.97. The van der Waals surface area contributed by atoms with Crippen LogP contribution in [0.15, 0.2) is 53.0 Å². The maximum Gasteiger partial charge on any atom is 0.256 e. The number of amides is 1. The molecule has 6 nitrogen and oxygen atoms in total. The number of anilines is 1. The molecule has 0 bridgehead atoms. The van der Waals surface area contributed by atoms with Gasteiger partial charge in [0.25, 0.3) is 5.91 Å². The summed E-state index contributed by atoms with van der Waals surface area (Å²) < 4.78 is 6.57. The molecular formula is C21H24BrN3O3. The number of piperazine rings is 1. The molecule has 0 saturated carbocycles. The third-order valence-electron chi connectivity index (χ3n) is 4.82. The number of carbonyl (C=O) groups is 2. The Hall–Kier alpha value is -2.38. The number of rotatable bonds is 7. The molecule has 148 valence electrons. The zero-order valence-corrected chi connectivity index (χ0v) is 17.4. The van der Waals surface area contributed by atoms with E-state index >= 15 is 0 Å². The van der Waals surface area contributed by atoms with Crippen molar-refractivity contribution in [2.24, 2.45) is 0 Å². The fraction of sp³-hybridized carbons (Fsp3) is 0.333. The highest BCUT2D eigenvalue weighted by Gasteiger charge is 2.31. The number of aldehydes is 1. The van der Waals surface area contributed by atoms with Gasteiger partial charge in [0.15, 0.2) is 0 Å². The number of nitrogens with zero attached hydrogens (tertiary/aromatic N) is 2. The van der Waals surface area contributed by atoms with E-state index in [-0.39, 0.29) is 5.91 Å². The molecule has 1 atom stereocenters.